The molecule has 4 rings (SSSR count). The number of carbonyl (C=O) groups excluding carboxylic acids is 1. The molecule has 144 valence electrons. The molecule has 1 aliphatic heterocycles. The van der Waals surface area contributed by atoms with Crippen molar-refractivity contribution < 1.29 is 14.3 Å². The number of nitrogen functional groups attached to an aromatic ring is 1. The zero-order valence-electron chi connectivity index (χ0n) is 15.5. The Morgan fingerprint density at radius 3 is 2.82 bits per heavy atom. The van der Waals surface area contributed by atoms with Crippen molar-refractivity contribution in [1.82, 2.24) is 4.98 Å². The maximum Gasteiger partial charge on any atom is 0.226 e. The number of nitrogens with zero attached hydrogens (tertiary/aromatic N) is 1. The number of hydrogen-bond acceptors (Lipinski definition) is 6. The lowest BCUT2D eigenvalue weighted by Crippen LogP contribution is -2.22. The Bertz CT molecular complexity index is 988. The molecule has 28 heavy (non-hydrogen) atoms. The molecule has 0 saturated heterocycles. The van der Waals surface area contributed by atoms with Crippen molar-refractivity contribution in [2.45, 2.75) is 18.8 Å². The van der Waals surface area contributed by atoms with Crippen LogP contribution in [-0.4, -0.2) is 24.6 Å². The predicted octanol–water partition coefficient (Wildman–Crippen LogP) is 3.83. The number of hydrogen-bond donors (Lipinski definition) is 2. The van der Waals surface area contributed by atoms with E-state index in [1.807, 2.05) is 36.4 Å². The third-order valence-corrected chi connectivity index (χ3v) is 5.71. The van der Waals surface area contributed by atoms with Crippen LogP contribution in [0.1, 0.15) is 28.3 Å². The highest BCUT2D eigenvalue weighted by Gasteiger charge is 2.30. The van der Waals surface area contributed by atoms with Crippen LogP contribution in [0, 0.1) is 0 Å². The minimum absolute atomic E-state index is 0.0649. The molecule has 3 aromatic rings. The third kappa shape index (κ3) is 3.80. The van der Waals surface area contributed by atoms with Crippen LogP contribution in [0.5, 0.6) is 11.5 Å². The van der Waals surface area contributed by atoms with E-state index in [0.717, 1.165) is 16.9 Å². The van der Waals surface area contributed by atoms with Crippen molar-refractivity contribution in [3.8, 4) is 11.5 Å². The van der Waals surface area contributed by atoms with E-state index < -0.39 is 0 Å². The Balaban J connectivity index is 1.53. The minimum Gasteiger partial charge on any atom is -0.493 e. The number of fused-ring (bicyclic) bond motifs is 1. The molecule has 6 nitrogen and oxygen atoms in total. The standard InChI is InChI=1S/C21H21N3O3S/c1-26-17-11-14(15-12-18(25)23-20-19(15)28-21(22)24-20)7-8-16(17)27-10-9-13-5-3-2-4-6-13/h2-8,11,15H,9-10,12H2,1H3,(H2,22,24)(H,23,25). The number of rotatable bonds is 6. The molecule has 0 spiro atoms. The summed E-state index contributed by atoms with van der Waals surface area (Å²) in [5.74, 6) is 1.74. The van der Waals surface area contributed by atoms with Crippen molar-refractivity contribution >= 4 is 28.2 Å². The van der Waals surface area contributed by atoms with E-state index in [-0.39, 0.29) is 11.8 Å². The number of ether oxygens (including phenoxy) is 2. The molecule has 1 aromatic heterocycles. The lowest BCUT2D eigenvalue weighted by Gasteiger charge is -2.22. The highest BCUT2D eigenvalue weighted by molar-refractivity contribution is 7.16. The van der Waals surface area contributed by atoms with Crippen LogP contribution in [0.15, 0.2) is 48.5 Å². The molecule has 0 aliphatic carbocycles. The molecular formula is C21H21N3O3S. The Morgan fingerprint density at radius 1 is 1.21 bits per heavy atom. The number of carbonyl (C=O) groups is 1. The van der Waals surface area contributed by atoms with Gasteiger partial charge in [-0.1, -0.05) is 47.7 Å². The van der Waals surface area contributed by atoms with Crippen LogP contribution >= 0.6 is 11.3 Å². The quantitative estimate of drug-likeness (QED) is 0.662. The van der Waals surface area contributed by atoms with Crippen molar-refractivity contribution in [1.29, 1.82) is 0 Å². The molecule has 2 heterocycles. The van der Waals surface area contributed by atoms with E-state index in [4.69, 9.17) is 15.2 Å². The maximum absolute atomic E-state index is 12.1. The topological polar surface area (TPSA) is 86.5 Å². The van der Waals surface area contributed by atoms with Gasteiger partial charge < -0.3 is 20.5 Å². The number of amides is 1. The number of nitrogens with two attached hydrogens (primary N) is 1. The summed E-state index contributed by atoms with van der Waals surface area (Å²) < 4.78 is 11.5. The summed E-state index contributed by atoms with van der Waals surface area (Å²) in [5.41, 5.74) is 8.04. The van der Waals surface area contributed by atoms with Gasteiger partial charge in [-0.2, -0.15) is 0 Å². The average molecular weight is 395 g/mol. The first-order valence-corrected chi connectivity index (χ1v) is 9.86. The van der Waals surface area contributed by atoms with Crippen LogP contribution in [0.4, 0.5) is 10.9 Å². The highest BCUT2D eigenvalue weighted by Crippen LogP contribution is 2.43. The molecule has 0 radical (unpaired) electrons. The van der Waals surface area contributed by atoms with Gasteiger partial charge in [0.05, 0.1) is 18.6 Å². The van der Waals surface area contributed by atoms with Gasteiger partial charge in [0.15, 0.2) is 16.6 Å². The third-order valence-electron chi connectivity index (χ3n) is 4.71. The summed E-state index contributed by atoms with van der Waals surface area (Å²) in [6.45, 7) is 0.557. The van der Waals surface area contributed by atoms with Gasteiger partial charge in [-0.05, 0) is 23.3 Å². The molecule has 3 N–H and O–H groups in total. The maximum atomic E-state index is 12.1. The van der Waals surface area contributed by atoms with E-state index >= 15 is 0 Å². The second-order valence-corrected chi connectivity index (χ2v) is 7.63. The summed E-state index contributed by atoms with van der Waals surface area (Å²) in [4.78, 5) is 17.3. The first kappa shape index (κ1) is 18.3. The van der Waals surface area contributed by atoms with E-state index in [0.29, 0.717) is 35.5 Å². The van der Waals surface area contributed by atoms with Crippen molar-refractivity contribution in [3.63, 3.8) is 0 Å². The van der Waals surface area contributed by atoms with Gasteiger partial charge in [-0.25, -0.2) is 4.98 Å². The molecule has 0 saturated carbocycles. The van der Waals surface area contributed by atoms with Crippen molar-refractivity contribution in [3.05, 3.63) is 64.5 Å². The largest absolute Gasteiger partial charge is 0.493 e. The molecule has 7 heteroatoms. The smallest absolute Gasteiger partial charge is 0.226 e. The van der Waals surface area contributed by atoms with Gasteiger partial charge in [0.1, 0.15) is 5.82 Å². The first-order chi connectivity index (χ1) is 13.6. The van der Waals surface area contributed by atoms with Crippen LogP contribution < -0.4 is 20.5 Å². The Hall–Kier alpha value is -3.06. The Morgan fingerprint density at radius 2 is 2.04 bits per heavy atom. The van der Waals surface area contributed by atoms with Crippen molar-refractivity contribution in [2.75, 3.05) is 24.8 Å². The van der Waals surface area contributed by atoms with Crippen LogP contribution in [0.2, 0.25) is 0 Å². The fourth-order valence-electron chi connectivity index (χ4n) is 3.35. The summed E-state index contributed by atoms with van der Waals surface area (Å²) in [6, 6.07) is 16.0. The molecule has 0 bridgehead atoms. The minimum atomic E-state index is -0.0918. The van der Waals surface area contributed by atoms with Crippen molar-refractivity contribution in [2.24, 2.45) is 0 Å². The highest BCUT2D eigenvalue weighted by atomic mass is 32.1. The van der Waals surface area contributed by atoms with E-state index in [2.05, 4.69) is 22.4 Å². The number of anilines is 2. The van der Waals surface area contributed by atoms with Crippen LogP contribution in [0.3, 0.4) is 0 Å². The Kier molecular flexibility index (Phi) is 5.16. The van der Waals surface area contributed by atoms with Gasteiger partial charge in [0.2, 0.25) is 5.91 Å². The second-order valence-electron chi connectivity index (χ2n) is 6.56. The fraction of sp³-hybridized carbons (Fsp3) is 0.238. The average Bonchev–Trinajstić information content (AvgIpc) is 3.08. The van der Waals surface area contributed by atoms with Gasteiger partial charge in [-0.3, -0.25) is 4.79 Å². The molecule has 1 aliphatic rings. The van der Waals surface area contributed by atoms with Gasteiger partial charge in [0, 0.05) is 18.8 Å². The van der Waals surface area contributed by atoms with Gasteiger partial charge in [0.25, 0.3) is 0 Å². The SMILES string of the molecule is COc1cc(C2CC(=O)Nc3nc(N)sc32)ccc1OCCc1ccccc1. The van der Waals surface area contributed by atoms with E-state index in [1.165, 1.54) is 16.9 Å². The number of methoxy groups -OCH3 is 1. The number of nitrogens with one attached hydrogen (secondary N) is 1. The van der Waals surface area contributed by atoms with Gasteiger partial charge in [-0.15, -0.1) is 0 Å². The number of thiazole rings is 1. The predicted molar refractivity (Wildman–Crippen MR) is 110 cm³/mol. The van der Waals surface area contributed by atoms with Crippen LogP contribution in [0.25, 0.3) is 0 Å². The number of benzene rings is 2. The molecular weight excluding hydrogens is 374 g/mol. The number of aromatic nitrogens is 1. The lowest BCUT2D eigenvalue weighted by molar-refractivity contribution is -0.116. The summed E-state index contributed by atoms with van der Waals surface area (Å²) >= 11 is 1.40. The summed E-state index contributed by atoms with van der Waals surface area (Å²) in [5, 5.41) is 3.24. The van der Waals surface area contributed by atoms with Crippen LogP contribution in [-0.2, 0) is 11.2 Å². The van der Waals surface area contributed by atoms with E-state index in [9.17, 15) is 4.79 Å². The normalized spacial score (nSPS) is 15.6. The van der Waals surface area contributed by atoms with Gasteiger partial charge >= 0.3 is 0 Å². The summed E-state index contributed by atoms with van der Waals surface area (Å²) in [7, 11) is 1.62. The first-order valence-electron chi connectivity index (χ1n) is 9.04. The fourth-order valence-corrected chi connectivity index (χ4v) is 4.27. The lowest BCUT2D eigenvalue weighted by atomic mass is 9.91. The zero-order chi connectivity index (χ0) is 19.5. The molecule has 1 unspecified atom stereocenters. The van der Waals surface area contributed by atoms with E-state index in [1.54, 1.807) is 7.11 Å². The Labute approximate surface area is 167 Å². The molecule has 1 atom stereocenters. The molecule has 2 aromatic carbocycles. The molecule has 0 fully saturated rings. The monoisotopic (exact) mass is 395 g/mol. The second kappa shape index (κ2) is 7.90. The zero-order valence-corrected chi connectivity index (χ0v) is 16.3. The summed E-state index contributed by atoms with van der Waals surface area (Å²) in [6.07, 6.45) is 1.17. The molecule has 1 amide bonds.